The first-order valence-electron chi connectivity index (χ1n) is 9.65. The summed E-state index contributed by atoms with van der Waals surface area (Å²) in [6.07, 6.45) is 3.23. The van der Waals surface area contributed by atoms with Gasteiger partial charge in [0.25, 0.3) is 5.91 Å². The third-order valence-electron chi connectivity index (χ3n) is 5.08. The highest BCUT2D eigenvalue weighted by Gasteiger charge is 2.34. The zero-order chi connectivity index (χ0) is 22.9. The summed E-state index contributed by atoms with van der Waals surface area (Å²) in [5.41, 5.74) is 0.0271. The molecule has 1 unspecified atom stereocenters. The molecular weight excluding hydrogens is 448 g/mol. The van der Waals surface area contributed by atoms with Crippen molar-refractivity contribution in [1.29, 1.82) is 0 Å². The van der Waals surface area contributed by atoms with E-state index in [0.717, 1.165) is 17.0 Å². The van der Waals surface area contributed by atoms with Crippen LogP contribution in [0.5, 0.6) is 0 Å². The predicted octanol–water partition coefficient (Wildman–Crippen LogP) is 1.36. The number of nitrogens with zero attached hydrogens (tertiary/aromatic N) is 5. The van der Waals surface area contributed by atoms with Gasteiger partial charge in [-0.25, -0.2) is 22.5 Å². The Morgan fingerprint density at radius 2 is 2.09 bits per heavy atom. The average molecular weight is 467 g/mol. The molecule has 32 heavy (non-hydrogen) atoms. The quantitative estimate of drug-likeness (QED) is 0.703. The maximum Gasteiger partial charge on any atom is 0.414 e. The van der Waals surface area contributed by atoms with Crippen LogP contribution in [0.3, 0.4) is 0 Å². The van der Waals surface area contributed by atoms with Crippen molar-refractivity contribution >= 4 is 33.0 Å². The normalized spacial score (nSPS) is 23.1. The Bertz CT molecular complexity index is 1180. The summed E-state index contributed by atoms with van der Waals surface area (Å²) in [6.45, 7) is -0.514. The van der Waals surface area contributed by atoms with Gasteiger partial charge < -0.3 is 9.84 Å². The molecule has 0 spiro atoms. The van der Waals surface area contributed by atoms with Gasteiger partial charge in [-0.05, 0) is 24.1 Å². The number of hydrogen-bond donors (Lipinski definition) is 1. The number of amides is 2. The van der Waals surface area contributed by atoms with E-state index in [0.29, 0.717) is 5.57 Å². The Kier molecular flexibility index (Phi) is 6.02. The van der Waals surface area contributed by atoms with Crippen molar-refractivity contribution in [2.24, 2.45) is 4.36 Å². The molecule has 13 heteroatoms. The second kappa shape index (κ2) is 8.74. The van der Waals surface area contributed by atoms with Crippen molar-refractivity contribution in [3.05, 3.63) is 47.8 Å². The number of carbonyl (C=O) groups is 2. The highest BCUT2D eigenvalue weighted by atomic mass is 32.2. The van der Waals surface area contributed by atoms with Crippen molar-refractivity contribution in [2.75, 3.05) is 29.6 Å². The molecule has 170 valence electrons. The van der Waals surface area contributed by atoms with Crippen molar-refractivity contribution in [3.63, 3.8) is 0 Å². The number of hydrogen-bond acceptors (Lipinski definition) is 7. The van der Waals surface area contributed by atoms with Crippen molar-refractivity contribution in [1.82, 2.24) is 15.0 Å². The smallest absolute Gasteiger partial charge is 0.414 e. The zero-order valence-electron chi connectivity index (χ0n) is 16.7. The summed E-state index contributed by atoms with van der Waals surface area (Å²) in [5, 5.41) is 16.2. The van der Waals surface area contributed by atoms with Crippen LogP contribution in [0.2, 0.25) is 0 Å². The van der Waals surface area contributed by atoms with E-state index in [1.807, 2.05) is 0 Å². The molecule has 0 bridgehead atoms. The van der Waals surface area contributed by atoms with Gasteiger partial charge in [0.05, 0.1) is 40.5 Å². The molecule has 2 aliphatic rings. The summed E-state index contributed by atoms with van der Waals surface area (Å²) in [5.74, 6) is -2.87. The van der Waals surface area contributed by atoms with E-state index < -0.39 is 46.1 Å². The van der Waals surface area contributed by atoms with E-state index in [2.05, 4.69) is 14.7 Å². The number of anilines is 1. The van der Waals surface area contributed by atoms with Crippen LogP contribution >= 0.6 is 0 Å². The van der Waals surface area contributed by atoms with Crippen LogP contribution in [0, 0.1) is 11.6 Å². The molecule has 1 fully saturated rings. The first-order chi connectivity index (χ1) is 15.3. The number of aliphatic hydroxyl groups is 1. The number of halogens is 2. The van der Waals surface area contributed by atoms with E-state index in [1.165, 1.54) is 17.0 Å². The molecule has 2 aliphatic heterocycles. The van der Waals surface area contributed by atoms with E-state index in [1.54, 1.807) is 6.20 Å². The molecule has 0 radical (unpaired) electrons. The number of rotatable bonds is 5. The van der Waals surface area contributed by atoms with Gasteiger partial charge >= 0.3 is 6.09 Å². The molecule has 0 aliphatic carbocycles. The van der Waals surface area contributed by atoms with E-state index in [4.69, 9.17) is 9.84 Å². The van der Waals surface area contributed by atoms with Gasteiger partial charge in [0.1, 0.15) is 24.3 Å². The van der Waals surface area contributed by atoms with Gasteiger partial charge in [-0.2, -0.15) is 4.36 Å². The first-order valence-corrected chi connectivity index (χ1v) is 11.5. The fraction of sp³-hybridized carbons (Fsp3) is 0.368. The van der Waals surface area contributed by atoms with Gasteiger partial charge in [-0.3, -0.25) is 9.69 Å². The van der Waals surface area contributed by atoms with E-state index in [-0.39, 0.29) is 42.3 Å². The van der Waals surface area contributed by atoms with Crippen LogP contribution < -0.4 is 4.90 Å². The molecule has 1 N–H and O–H groups in total. The summed E-state index contributed by atoms with van der Waals surface area (Å²) >= 11 is 0. The molecule has 2 atom stereocenters. The third-order valence-corrected chi connectivity index (χ3v) is 7.15. The lowest BCUT2D eigenvalue weighted by Crippen LogP contribution is -2.26. The summed E-state index contributed by atoms with van der Waals surface area (Å²) in [4.78, 5) is 24.6. The number of ether oxygens (including phenoxy) is 1. The second-order valence-electron chi connectivity index (χ2n) is 7.29. The minimum absolute atomic E-state index is 0.0126. The highest BCUT2D eigenvalue weighted by molar-refractivity contribution is 7.94. The van der Waals surface area contributed by atoms with Crippen LogP contribution in [0.1, 0.15) is 12.0 Å². The number of aromatic nitrogens is 3. The lowest BCUT2D eigenvalue weighted by Gasteiger charge is -2.19. The van der Waals surface area contributed by atoms with Crippen molar-refractivity contribution in [3.8, 4) is 0 Å². The monoisotopic (exact) mass is 467 g/mol. The van der Waals surface area contributed by atoms with Gasteiger partial charge in [0.2, 0.25) is 0 Å². The molecule has 10 nitrogen and oxygen atoms in total. The van der Waals surface area contributed by atoms with Gasteiger partial charge in [-0.15, -0.1) is 5.10 Å². The van der Waals surface area contributed by atoms with Crippen LogP contribution in [0.4, 0.5) is 19.3 Å². The fourth-order valence-corrected chi connectivity index (χ4v) is 5.36. The van der Waals surface area contributed by atoms with Crippen LogP contribution in [0.25, 0.3) is 5.57 Å². The minimum Gasteiger partial charge on any atom is -0.442 e. The standard InChI is InChI=1S/C19H19F2N5O5S/c20-15-7-13(26-10-14(31-19(26)29)9-25-4-3-22-24-25)8-16(21)18(15)12-1-5-32(30,6-2-12)23-17(28)11-27/h1,3-4,7-8,14,27H,2,5-6,9-11H2/t14-,32?/m0/s1. The van der Waals surface area contributed by atoms with Gasteiger partial charge in [0, 0.05) is 17.5 Å². The van der Waals surface area contributed by atoms with Crippen molar-refractivity contribution < 1.29 is 32.4 Å². The van der Waals surface area contributed by atoms with Crippen molar-refractivity contribution in [2.45, 2.75) is 19.1 Å². The predicted molar refractivity (Wildman–Crippen MR) is 109 cm³/mol. The van der Waals surface area contributed by atoms with Crippen LogP contribution in [-0.2, 0) is 25.8 Å². The van der Waals surface area contributed by atoms with E-state index >= 15 is 0 Å². The van der Waals surface area contributed by atoms with Crippen LogP contribution in [-0.4, -0.2) is 67.1 Å². The average Bonchev–Trinajstić information content (AvgIpc) is 3.38. The fourth-order valence-electron chi connectivity index (χ4n) is 3.60. The Morgan fingerprint density at radius 3 is 2.69 bits per heavy atom. The number of cyclic esters (lactones) is 1. The molecule has 1 aromatic heterocycles. The molecule has 1 saturated heterocycles. The number of carbonyl (C=O) groups excluding carboxylic acids is 2. The molecule has 1 aromatic carbocycles. The van der Waals surface area contributed by atoms with E-state index in [9.17, 15) is 22.6 Å². The van der Waals surface area contributed by atoms with Gasteiger partial charge in [0.15, 0.2) is 0 Å². The third kappa shape index (κ3) is 4.53. The summed E-state index contributed by atoms with van der Waals surface area (Å²) < 4.78 is 52.5. The number of aliphatic hydroxyl groups excluding tert-OH is 1. The topological polar surface area (TPSA) is 127 Å². The Morgan fingerprint density at radius 1 is 1.34 bits per heavy atom. The lowest BCUT2D eigenvalue weighted by atomic mass is 10.0. The summed E-state index contributed by atoms with van der Waals surface area (Å²) in [7, 11) is -2.91. The Balaban J connectivity index is 1.54. The zero-order valence-corrected chi connectivity index (χ0v) is 17.5. The maximum absolute atomic E-state index is 14.9. The second-order valence-corrected chi connectivity index (χ2v) is 9.76. The molecule has 2 amide bonds. The highest BCUT2D eigenvalue weighted by Crippen LogP contribution is 2.33. The molecular formula is C19H19F2N5O5S. The Hall–Kier alpha value is -3.19. The number of benzene rings is 1. The maximum atomic E-state index is 14.9. The molecule has 4 rings (SSSR count). The molecule has 0 saturated carbocycles. The lowest BCUT2D eigenvalue weighted by molar-refractivity contribution is -0.120. The van der Waals surface area contributed by atoms with Gasteiger partial charge in [-0.1, -0.05) is 11.3 Å². The first kappa shape index (κ1) is 22.0. The molecule has 2 aromatic rings. The Labute approximate surface area is 181 Å². The van der Waals surface area contributed by atoms with Crippen LogP contribution in [0.15, 0.2) is 35.0 Å². The minimum atomic E-state index is -2.91. The molecule has 3 heterocycles. The number of allylic oxidation sites excluding steroid dienone is 1. The largest absolute Gasteiger partial charge is 0.442 e. The summed E-state index contributed by atoms with van der Waals surface area (Å²) in [6, 6.07) is 2.09. The SMILES string of the molecule is O=C(CO)N=S1(=O)CC=C(c2c(F)cc(N3C[C@H](Cn4ccnn4)OC3=O)cc2F)CC1.